The Balaban J connectivity index is 1.61. The summed E-state index contributed by atoms with van der Waals surface area (Å²) in [5.74, 6) is -0.388. The van der Waals surface area contributed by atoms with Crippen LogP contribution in [0.15, 0.2) is 23.0 Å². The van der Waals surface area contributed by atoms with E-state index in [4.69, 9.17) is 5.11 Å². The molecule has 1 aliphatic heterocycles. The molecule has 128 valence electrons. The molecule has 8 heteroatoms. The monoisotopic (exact) mass is 334 g/mol. The molecule has 0 bridgehead atoms. The lowest BCUT2D eigenvalue weighted by atomic mass is 10.0. The smallest absolute Gasteiger partial charge is 0.404 e. The van der Waals surface area contributed by atoms with Gasteiger partial charge in [0.1, 0.15) is 11.5 Å². The highest BCUT2D eigenvalue weighted by Crippen LogP contribution is 2.12. The van der Waals surface area contributed by atoms with Crippen LogP contribution in [0.5, 0.6) is 0 Å². The van der Waals surface area contributed by atoms with Crippen molar-refractivity contribution in [1.82, 2.24) is 20.2 Å². The molecular formula is C16H19FN4O3. The first-order chi connectivity index (χ1) is 11.5. The third kappa shape index (κ3) is 3.88. The Labute approximate surface area is 137 Å². The largest absolute Gasteiger partial charge is 0.465 e. The zero-order chi connectivity index (χ0) is 17.1. The number of rotatable bonds is 4. The summed E-state index contributed by atoms with van der Waals surface area (Å²) in [7, 11) is 0. The lowest BCUT2D eigenvalue weighted by Crippen LogP contribution is -2.44. The molecule has 0 unspecified atom stereocenters. The molecule has 0 spiro atoms. The van der Waals surface area contributed by atoms with Gasteiger partial charge in [0.25, 0.3) is 5.56 Å². The van der Waals surface area contributed by atoms with Crippen molar-refractivity contribution in [2.45, 2.75) is 25.3 Å². The van der Waals surface area contributed by atoms with Crippen molar-refractivity contribution in [1.29, 1.82) is 0 Å². The number of amides is 1. The van der Waals surface area contributed by atoms with E-state index in [2.05, 4.69) is 20.2 Å². The lowest BCUT2D eigenvalue weighted by Gasteiger charge is -2.31. The topological polar surface area (TPSA) is 98.3 Å². The summed E-state index contributed by atoms with van der Waals surface area (Å²) in [6.45, 7) is 2.20. The predicted octanol–water partition coefficient (Wildman–Crippen LogP) is 1.34. The predicted molar refractivity (Wildman–Crippen MR) is 86.6 cm³/mol. The molecule has 7 nitrogen and oxygen atoms in total. The number of piperidine rings is 1. The molecule has 3 N–H and O–H groups in total. The molecule has 3 rings (SSSR count). The molecule has 2 aromatic rings. The highest BCUT2D eigenvalue weighted by molar-refractivity contribution is 5.73. The number of nitrogens with zero attached hydrogens (tertiary/aromatic N) is 2. The summed E-state index contributed by atoms with van der Waals surface area (Å²) in [5.41, 5.74) is 1.09. The van der Waals surface area contributed by atoms with Crippen molar-refractivity contribution in [3.8, 4) is 0 Å². The van der Waals surface area contributed by atoms with E-state index in [0.717, 1.165) is 25.9 Å². The SMILES string of the molecule is O=C(O)NC1CCN(CCc2nc3cc(F)ccc3[nH]c2=O)CC1. The summed E-state index contributed by atoms with van der Waals surface area (Å²) in [5, 5.41) is 11.2. The van der Waals surface area contributed by atoms with Gasteiger partial charge in [-0.2, -0.15) is 0 Å². The van der Waals surface area contributed by atoms with Crippen LogP contribution in [0.25, 0.3) is 11.0 Å². The number of likely N-dealkylation sites (tertiary alicyclic amines) is 1. The normalized spacial score (nSPS) is 16.4. The fourth-order valence-corrected chi connectivity index (χ4v) is 3.00. The maximum atomic E-state index is 13.3. The maximum absolute atomic E-state index is 13.3. The van der Waals surface area contributed by atoms with Crippen LogP contribution in [-0.2, 0) is 6.42 Å². The van der Waals surface area contributed by atoms with Gasteiger partial charge in [-0.1, -0.05) is 0 Å². The molecule has 0 aliphatic carbocycles. The van der Waals surface area contributed by atoms with Gasteiger partial charge < -0.3 is 20.3 Å². The van der Waals surface area contributed by atoms with E-state index in [1.165, 1.54) is 18.2 Å². The van der Waals surface area contributed by atoms with Crippen molar-refractivity contribution in [3.63, 3.8) is 0 Å². The molecule has 2 heterocycles. The molecule has 24 heavy (non-hydrogen) atoms. The summed E-state index contributed by atoms with van der Waals surface area (Å²) >= 11 is 0. The Kier molecular flexibility index (Phi) is 4.75. The number of hydrogen-bond donors (Lipinski definition) is 3. The van der Waals surface area contributed by atoms with Crippen LogP contribution >= 0.6 is 0 Å². The zero-order valence-electron chi connectivity index (χ0n) is 13.1. The highest BCUT2D eigenvalue weighted by atomic mass is 19.1. The summed E-state index contributed by atoms with van der Waals surface area (Å²) < 4.78 is 13.3. The van der Waals surface area contributed by atoms with Crippen molar-refractivity contribution in [2.75, 3.05) is 19.6 Å². The summed E-state index contributed by atoms with van der Waals surface area (Å²) in [6, 6.07) is 4.08. The van der Waals surface area contributed by atoms with Crippen LogP contribution in [0.3, 0.4) is 0 Å². The summed E-state index contributed by atoms with van der Waals surface area (Å²) in [4.78, 5) is 31.9. The van der Waals surface area contributed by atoms with Crippen molar-refractivity contribution < 1.29 is 14.3 Å². The molecule has 1 aromatic heterocycles. The van der Waals surface area contributed by atoms with E-state index >= 15 is 0 Å². The van der Waals surface area contributed by atoms with Crippen LogP contribution in [0.4, 0.5) is 9.18 Å². The Bertz CT molecular complexity index is 799. The number of carbonyl (C=O) groups is 1. The second-order valence-corrected chi connectivity index (χ2v) is 5.99. The number of nitrogens with one attached hydrogen (secondary N) is 2. The third-order valence-electron chi connectivity index (χ3n) is 4.31. The number of carboxylic acid groups (broad SMARTS) is 1. The van der Waals surface area contributed by atoms with Crippen LogP contribution in [0, 0.1) is 5.82 Å². The number of hydrogen-bond acceptors (Lipinski definition) is 4. The first kappa shape index (κ1) is 16.4. The average molecular weight is 334 g/mol. The van der Waals surface area contributed by atoms with Crippen LogP contribution in [-0.4, -0.2) is 51.7 Å². The molecule has 1 fully saturated rings. The van der Waals surface area contributed by atoms with Gasteiger partial charge in [0.15, 0.2) is 0 Å². The molecule has 0 radical (unpaired) electrons. The maximum Gasteiger partial charge on any atom is 0.404 e. The molecule has 1 saturated heterocycles. The number of fused-ring (bicyclic) bond motifs is 1. The third-order valence-corrected chi connectivity index (χ3v) is 4.31. The number of aromatic nitrogens is 2. The minimum absolute atomic E-state index is 0.0103. The van der Waals surface area contributed by atoms with Gasteiger partial charge >= 0.3 is 6.09 Å². The number of aromatic amines is 1. The Morgan fingerprint density at radius 3 is 2.88 bits per heavy atom. The van der Waals surface area contributed by atoms with Gasteiger partial charge in [0.05, 0.1) is 11.0 Å². The molecule has 1 amide bonds. The number of halogens is 1. The van der Waals surface area contributed by atoms with E-state index in [1.807, 2.05) is 0 Å². The highest BCUT2D eigenvalue weighted by Gasteiger charge is 2.20. The molecular weight excluding hydrogens is 315 g/mol. The first-order valence-electron chi connectivity index (χ1n) is 7.91. The van der Waals surface area contributed by atoms with E-state index in [9.17, 15) is 14.0 Å². The van der Waals surface area contributed by atoms with Crippen molar-refractivity contribution >= 4 is 17.1 Å². The summed E-state index contributed by atoms with van der Waals surface area (Å²) in [6.07, 6.45) is 0.976. The van der Waals surface area contributed by atoms with Crippen molar-refractivity contribution in [3.05, 3.63) is 40.1 Å². The van der Waals surface area contributed by atoms with Gasteiger partial charge in [-0.05, 0) is 25.0 Å². The van der Waals surface area contributed by atoms with Gasteiger partial charge in [0, 0.05) is 38.2 Å². The van der Waals surface area contributed by atoms with E-state index in [1.54, 1.807) is 0 Å². The Hall–Kier alpha value is -2.48. The first-order valence-corrected chi connectivity index (χ1v) is 7.91. The second kappa shape index (κ2) is 6.96. The van der Waals surface area contributed by atoms with Gasteiger partial charge in [0.2, 0.25) is 0 Å². The van der Waals surface area contributed by atoms with E-state index in [0.29, 0.717) is 29.7 Å². The van der Waals surface area contributed by atoms with E-state index in [-0.39, 0.29) is 17.4 Å². The van der Waals surface area contributed by atoms with Gasteiger partial charge in [-0.15, -0.1) is 0 Å². The number of benzene rings is 1. The van der Waals surface area contributed by atoms with Crippen LogP contribution < -0.4 is 10.9 Å². The minimum atomic E-state index is -0.993. The minimum Gasteiger partial charge on any atom is -0.465 e. The molecule has 1 aliphatic rings. The van der Waals surface area contributed by atoms with Crippen molar-refractivity contribution in [2.24, 2.45) is 0 Å². The van der Waals surface area contributed by atoms with Crippen LogP contribution in [0.1, 0.15) is 18.5 Å². The van der Waals surface area contributed by atoms with Crippen LogP contribution in [0.2, 0.25) is 0 Å². The molecule has 0 saturated carbocycles. The fourth-order valence-electron chi connectivity index (χ4n) is 3.00. The Morgan fingerprint density at radius 1 is 1.42 bits per heavy atom. The van der Waals surface area contributed by atoms with E-state index < -0.39 is 6.09 Å². The molecule has 1 aromatic carbocycles. The average Bonchev–Trinajstić information content (AvgIpc) is 2.54. The molecule has 0 atom stereocenters. The fraction of sp³-hybridized carbons (Fsp3) is 0.438. The Morgan fingerprint density at radius 2 is 2.17 bits per heavy atom. The second-order valence-electron chi connectivity index (χ2n) is 5.99. The van der Waals surface area contributed by atoms with Gasteiger partial charge in [-0.25, -0.2) is 14.2 Å². The lowest BCUT2D eigenvalue weighted by molar-refractivity contribution is 0.168. The number of H-pyrrole nitrogens is 1. The standard InChI is InChI=1S/C16H19FN4O3/c17-10-1-2-12-14(9-10)19-13(15(22)20-12)5-8-21-6-3-11(4-7-21)18-16(23)24/h1-2,9,11,18H,3-8H2,(H,20,22)(H,23,24). The quantitative estimate of drug-likeness (QED) is 0.784. The zero-order valence-corrected chi connectivity index (χ0v) is 13.1. The van der Waals surface area contributed by atoms with Gasteiger partial charge in [-0.3, -0.25) is 4.79 Å².